The van der Waals surface area contributed by atoms with Crippen LogP contribution in [0.25, 0.3) is 0 Å². The first-order chi connectivity index (χ1) is 9.44. The molecule has 1 N–H and O–H groups in total. The summed E-state index contributed by atoms with van der Waals surface area (Å²) in [5.41, 5.74) is -0.401. The van der Waals surface area contributed by atoms with Gasteiger partial charge in [-0.25, -0.2) is 9.18 Å². The Morgan fingerprint density at radius 3 is 3.15 bits per heavy atom. The van der Waals surface area contributed by atoms with Crippen LogP contribution in [0.1, 0.15) is 24.9 Å². The maximum atomic E-state index is 14.0. The lowest BCUT2D eigenvalue weighted by atomic mass is 9.90. The zero-order valence-corrected chi connectivity index (χ0v) is 11.5. The summed E-state index contributed by atoms with van der Waals surface area (Å²) in [4.78, 5) is 13.5. The number of hydrogen-bond acceptors (Lipinski definition) is 2. The number of nitrogens with zero attached hydrogens (tertiary/aromatic N) is 1. The minimum absolute atomic E-state index is 0.0968. The number of urea groups is 1. The predicted octanol–water partition coefficient (Wildman–Crippen LogP) is 2.68. The molecule has 2 atom stereocenters. The Kier molecular flexibility index (Phi) is 2.80. The van der Waals surface area contributed by atoms with E-state index in [1.54, 1.807) is 13.0 Å². The monoisotopic (exact) mass is 294 g/mol. The lowest BCUT2D eigenvalue weighted by molar-refractivity contribution is -0.0803. The quantitative estimate of drug-likeness (QED) is 0.809. The summed E-state index contributed by atoms with van der Waals surface area (Å²) in [6.07, 6.45) is 5.76. The van der Waals surface area contributed by atoms with Crippen LogP contribution < -0.4 is 10.1 Å². The SMILES string of the molecule is C#CCN1C(=O)NC2CC1(C)Oc1c(F)cc(Cl)cc12. The van der Waals surface area contributed by atoms with Crippen LogP contribution >= 0.6 is 11.6 Å². The van der Waals surface area contributed by atoms with Gasteiger partial charge in [-0.3, -0.25) is 4.90 Å². The van der Waals surface area contributed by atoms with Crippen LogP contribution in [0.2, 0.25) is 5.02 Å². The molecule has 2 bridgehead atoms. The molecule has 4 nitrogen and oxygen atoms in total. The molecule has 1 aromatic rings. The molecule has 2 aliphatic heterocycles. The van der Waals surface area contributed by atoms with Crippen molar-refractivity contribution in [2.75, 3.05) is 6.54 Å². The minimum Gasteiger partial charge on any atom is -0.465 e. The van der Waals surface area contributed by atoms with Crippen LogP contribution in [0, 0.1) is 18.2 Å². The molecule has 0 aromatic heterocycles. The summed E-state index contributed by atoms with van der Waals surface area (Å²) in [5.74, 6) is 1.99. The normalized spacial score (nSPS) is 27.2. The molecule has 3 rings (SSSR count). The van der Waals surface area contributed by atoms with Crippen LogP contribution in [-0.4, -0.2) is 23.2 Å². The lowest BCUT2D eigenvalue weighted by Crippen LogP contribution is -2.64. The van der Waals surface area contributed by atoms with Gasteiger partial charge in [0.2, 0.25) is 0 Å². The fourth-order valence-electron chi connectivity index (χ4n) is 2.76. The van der Waals surface area contributed by atoms with Crippen LogP contribution in [0.5, 0.6) is 5.75 Å². The summed E-state index contributed by atoms with van der Waals surface area (Å²) in [6, 6.07) is 2.14. The second-order valence-electron chi connectivity index (χ2n) is 5.08. The van der Waals surface area contributed by atoms with Gasteiger partial charge in [0.1, 0.15) is 0 Å². The van der Waals surface area contributed by atoms with Crippen molar-refractivity contribution in [1.82, 2.24) is 10.2 Å². The molecular weight excluding hydrogens is 283 g/mol. The van der Waals surface area contributed by atoms with E-state index in [1.165, 1.54) is 11.0 Å². The number of fused-ring (bicyclic) bond motifs is 4. The van der Waals surface area contributed by atoms with E-state index >= 15 is 0 Å². The third-order valence-electron chi connectivity index (χ3n) is 3.68. The number of ether oxygens (including phenoxy) is 1. The Labute approximate surface area is 120 Å². The molecule has 1 aromatic carbocycles. The Hall–Kier alpha value is -1.93. The number of carbonyl (C=O) groups excluding carboxylic acids is 1. The lowest BCUT2D eigenvalue weighted by Gasteiger charge is -2.50. The molecule has 2 heterocycles. The van der Waals surface area contributed by atoms with Gasteiger partial charge < -0.3 is 10.1 Å². The summed E-state index contributed by atoms with van der Waals surface area (Å²) in [6.45, 7) is 1.83. The average molecular weight is 295 g/mol. The summed E-state index contributed by atoms with van der Waals surface area (Å²) in [5, 5.41) is 3.08. The topological polar surface area (TPSA) is 41.6 Å². The molecular formula is C14H12ClFN2O2. The van der Waals surface area contributed by atoms with E-state index in [0.29, 0.717) is 12.0 Å². The Morgan fingerprint density at radius 2 is 2.45 bits per heavy atom. The molecule has 20 heavy (non-hydrogen) atoms. The molecule has 2 amide bonds. The van der Waals surface area contributed by atoms with Crippen molar-refractivity contribution >= 4 is 17.6 Å². The Morgan fingerprint density at radius 1 is 1.70 bits per heavy atom. The van der Waals surface area contributed by atoms with Gasteiger partial charge in [-0.05, 0) is 19.1 Å². The maximum Gasteiger partial charge on any atom is 0.321 e. The number of halogens is 2. The first-order valence-corrected chi connectivity index (χ1v) is 6.52. The Bertz CT molecular complexity index is 643. The summed E-state index contributed by atoms with van der Waals surface area (Å²) < 4.78 is 19.8. The number of benzene rings is 1. The van der Waals surface area contributed by atoms with Crippen molar-refractivity contribution in [3.63, 3.8) is 0 Å². The number of rotatable bonds is 1. The maximum absolute atomic E-state index is 14.0. The van der Waals surface area contributed by atoms with Crippen molar-refractivity contribution in [1.29, 1.82) is 0 Å². The molecule has 2 aliphatic rings. The highest BCUT2D eigenvalue weighted by Crippen LogP contribution is 2.45. The van der Waals surface area contributed by atoms with Gasteiger partial charge in [0.25, 0.3) is 0 Å². The van der Waals surface area contributed by atoms with E-state index < -0.39 is 11.5 Å². The van der Waals surface area contributed by atoms with Gasteiger partial charge >= 0.3 is 6.03 Å². The second-order valence-corrected chi connectivity index (χ2v) is 5.52. The average Bonchev–Trinajstić information content (AvgIpc) is 2.36. The minimum atomic E-state index is -0.957. The van der Waals surface area contributed by atoms with E-state index in [1.807, 2.05) is 0 Å². The van der Waals surface area contributed by atoms with Crippen molar-refractivity contribution < 1.29 is 13.9 Å². The highest BCUT2D eigenvalue weighted by Gasteiger charge is 2.49. The predicted molar refractivity (Wildman–Crippen MR) is 71.9 cm³/mol. The molecule has 0 aliphatic carbocycles. The van der Waals surface area contributed by atoms with Gasteiger partial charge in [-0.1, -0.05) is 17.5 Å². The number of hydrogen-bond donors (Lipinski definition) is 1. The Balaban J connectivity index is 2.11. The fraction of sp³-hybridized carbons (Fsp3) is 0.357. The third kappa shape index (κ3) is 1.80. The number of nitrogens with one attached hydrogen (secondary N) is 1. The zero-order chi connectivity index (χ0) is 14.5. The largest absolute Gasteiger partial charge is 0.465 e. The van der Waals surface area contributed by atoms with Gasteiger partial charge in [-0.15, -0.1) is 6.42 Å². The zero-order valence-electron chi connectivity index (χ0n) is 10.7. The van der Waals surface area contributed by atoms with Gasteiger partial charge in [-0.2, -0.15) is 0 Å². The van der Waals surface area contributed by atoms with E-state index in [0.717, 1.165) is 0 Å². The number of terminal acetylenes is 1. The molecule has 104 valence electrons. The molecule has 0 radical (unpaired) electrons. The molecule has 0 spiro atoms. The fourth-order valence-corrected chi connectivity index (χ4v) is 2.98. The molecule has 6 heteroatoms. The van der Waals surface area contributed by atoms with Gasteiger partial charge in [0.05, 0.1) is 12.6 Å². The van der Waals surface area contributed by atoms with E-state index in [9.17, 15) is 9.18 Å². The molecule has 2 unspecified atom stereocenters. The van der Waals surface area contributed by atoms with E-state index in [4.69, 9.17) is 22.8 Å². The van der Waals surface area contributed by atoms with Crippen molar-refractivity contribution in [3.05, 3.63) is 28.5 Å². The molecule has 1 fully saturated rings. The first kappa shape index (κ1) is 13.1. The van der Waals surface area contributed by atoms with Crippen molar-refractivity contribution in [2.45, 2.75) is 25.1 Å². The van der Waals surface area contributed by atoms with Crippen molar-refractivity contribution in [2.24, 2.45) is 0 Å². The van der Waals surface area contributed by atoms with Crippen LogP contribution in [0.3, 0.4) is 0 Å². The van der Waals surface area contributed by atoms with E-state index in [-0.39, 0.29) is 29.4 Å². The van der Waals surface area contributed by atoms with Gasteiger partial charge in [0, 0.05) is 17.0 Å². The van der Waals surface area contributed by atoms with Crippen LogP contribution in [0.15, 0.2) is 12.1 Å². The van der Waals surface area contributed by atoms with Crippen molar-refractivity contribution in [3.8, 4) is 18.1 Å². The first-order valence-electron chi connectivity index (χ1n) is 6.14. The van der Waals surface area contributed by atoms with E-state index in [2.05, 4.69) is 11.2 Å². The third-order valence-corrected chi connectivity index (χ3v) is 3.90. The summed E-state index contributed by atoms with van der Waals surface area (Å²) in [7, 11) is 0. The van der Waals surface area contributed by atoms with Crippen LogP contribution in [-0.2, 0) is 0 Å². The highest BCUT2D eigenvalue weighted by molar-refractivity contribution is 6.30. The standard InChI is InChI=1S/C14H12ClFN2O2/c1-3-4-18-13(19)17-11-7-14(18,2)20-12-9(11)5-8(15)6-10(12)16/h1,5-6,11H,4,7H2,2H3,(H,17,19). The summed E-state index contributed by atoms with van der Waals surface area (Å²) >= 11 is 5.86. The highest BCUT2D eigenvalue weighted by atomic mass is 35.5. The number of amides is 2. The van der Waals surface area contributed by atoms with Gasteiger partial charge in [0.15, 0.2) is 17.3 Å². The smallest absolute Gasteiger partial charge is 0.321 e. The van der Waals surface area contributed by atoms with Crippen LogP contribution in [0.4, 0.5) is 9.18 Å². The molecule has 0 saturated carbocycles. The number of carbonyl (C=O) groups is 1. The second kappa shape index (κ2) is 4.29. The molecule has 1 saturated heterocycles.